The van der Waals surface area contributed by atoms with Crippen LogP contribution in [0.25, 0.3) is 0 Å². The van der Waals surface area contributed by atoms with E-state index in [1.807, 2.05) is 0 Å². The van der Waals surface area contributed by atoms with Gasteiger partial charge in [0.2, 0.25) is 6.33 Å². The van der Waals surface area contributed by atoms with Gasteiger partial charge in [0.1, 0.15) is 11.2 Å². The molecule has 0 radical (unpaired) electrons. The maximum absolute atomic E-state index is 12.5. The van der Waals surface area contributed by atoms with Crippen LogP contribution < -0.4 is 0 Å². The van der Waals surface area contributed by atoms with Crippen molar-refractivity contribution in [2.45, 2.75) is 26.3 Å². The number of thiazole rings is 1. The Morgan fingerprint density at radius 2 is 2.26 bits per heavy atom. The lowest BCUT2D eigenvalue weighted by Crippen LogP contribution is -2.27. The first-order valence-corrected chi connectivity index (χ1v) is 7.57. The van der Waals surface area contributed by atoms with Crippen molar-refractivity contribution in [3.05, 3.63) is 38.7 Å². The summed E-state index contributed by atoms with van der Waals surface area (Å²) in [5, 5.41) is 12.7. The van der Waals surface area contributed by atoms with E-state index in [0.717, 1.165) is 6.20 Å². The summed E-state index contributed by atoms with van der Waals surface area (Å²) in [5.74, 6) is -2.66. The van der Waals surface area contributed by atoms with Crippen LogP contribution in [0, 0.1) is 17.0 Å². The van der Waals surface area contributed by atoms with Crippen LogP contribution >= 0.6 is 11.3 Å². The number of nitrogens with zero attached hydrogens (tertiary/aromatic N) is 4. The number of aryl methyl sites for hydroxylation is 1. The molecule has 2 aromatic rings. The Bertz CT molecular complexity index is 738. The first-order valence-electron chi connectivity index (χ1n) is 6.70. The third kappa shape index (κ3) is 3.97. The molecule has 0 amide bonds. The lowest BCUT2D eigenvalue weighted by Gasteiger charge is -2.12. The Morgan fingerprint density at radius 3 is 2.78 bits per heavy atom. The number of imidazole rings is 1. The van der Waals surface area contributed by atoms with Crippen LogP contribution in [0.5, 0.6) is 0 Å². The number of hydrogen-bond acceptors (Lipinski definition) is 8. The molecule has 0 unspecified atom stereocenters. The minimum atomic E-state index is -1.14. The van der Waals surface area contributed by atoms with Gasteiger partial charge in [-0.1, -0.05) is 0 Å². The Morgan fingerprint density at radius 1 is 1.52 bits per heavy atom. The Hall–Kier alpha value is -2.62. The predicted octanol–water partition coefficient (Wildman–Crippen LogP) is 1.47. The van der Waals surface area contributed by atoms with E-state index in [4.69, 9.17) is 4.74 Å². The number of hydrogen-bond donors (Lipinski definition) is 0. The number of carbonyl (C=O) groups is 2. The van der Waals surface area contributed by atoms with Crippen LogP contribution in [0.1, 0.15) is 23.5 Å². The van der Waals surface area contributed by atoms with Gasteiger partial charge in [-0.2, -0.15) is 0 Å². The summed E-state index contributed by atoms with van der Waals surface area (Å²) in [5.41, 5.74) is 0.699. The summed E-state index contributed by atoms with van der Waals surface area (Å²) < 4.78 is 6.20. The van der Waals surface area contributed by atoms with Gasteiger partial charge in [-0.25, -0.2) is 4.98 Å². The molecule has 0 spiro atoms. The summed E-state index contributed by atoms with van der Waals surface area (Å²) >= 11 is 1.19. The number of Topliss-reactive ketones (excluding diaryl/α,β-unsaturated/α-hetero) is 1. The van der Waals surface area contributed by atoms with Gasteiger partial charge in [0.25, 0.3) is 0 Å². The summed E-state index contributed by atoms with van der Waals surface area (Å²) in [7, 11) is 0. The molecule has 2 heterocycles. The van der Waals surface area contributed by atoms with Crippen molar-refractivity contribution >= 4 is 28.9 Å². The minimum Gasteiger partial charge on any atom is -0.465 e. The lowest BCUT2D eigenvalue weighted by atomic mass is 10.1. The Kier molecular flexibility index (Phi) is 5.16. The van der Waals surface area contributed by atoms with E-state index in [1.165, 1.54) is 22.2 Å². The smallest absolute Gasteiger partial charge is 0.381 e. The van der Waals surface area contributed by atoms with Crippen LogP contribution in [-0.2, 0) is 20.9 Å². The zero-order chi connectivity index (χ0) is 17.0. The molecular formula is C13H14N4O5S. The molecule has 0 bridgehead atoms. The molecule has 0 N–H and O–H groups in total. The standard InChI is InChI=1S/C13H14N4O5S/c1-3-22-13(19)11(12-15-8(2)6-23-12)9(18)4-16-5-10(14-7-16)17(20)21/h5-7,11H,3-4H2,1-2H3/t11-/m1/s1. The fourth-order valence-corrected chi connectivity index (χ4v) is 2.81. The van der Waals surface area contributed by atoms with E-state index in [1.54, 1.807) is 19.2 Å². The minimum absolute atomic E-state index is 0.142. The fraction of sp³-hybridized carbons (Fsp3) is 0.385. The predicted molar refractivity (Wildman–Crippen MR) is 80.1 cm³/mol. The van der Waals surface area contributed by atoms with Crippen molar-refractivity contribution in [3.63, 3.8) is 0 Å². The molecule has 0 aliphatic carbocycles. The second kappa shape index (κ2) is 7.09. The molecule has 0 aliphatic rings. The van der Waals surface area contributed by atoms with Gasteiger partial charge in [0, 0.05) is 11.1 Å². The number of carbonyl (C=O) groups excluding carboxylic acids is 2. The fourth-order valence-electron chi connectivity index (χ4n) is 1.90. The van der Waals surface area contributed by atoms with Crippen LogP contribution in [0.2, 0.25) is 0 Å². The third-order valence-electron chi connectivity index (χ3n) is 2.87. The summed E-state index contributed by atoms with van der Waals surface area (Å²) in [4.78, 5) is 42.3. The van der Waals surface area contributed by atoms with Crippen LogP contribution in [0.3, 0.4) is 0 Å². The van der Waals surface area contributed by atoms with Gasteiger partial charge in [-0.05, 0) is 23.8 Å². The van der Waals surface area contributed by atoms with E-state index in [0.29, 0.717) is 10.7 Å². The van der Waals surface area contributed by atoms with Crippen LogP contribution in [0.4, 0.5) is 5.82 Å². The summed E-state index contributed by atoms with van der Waals surface area (Å²) in [6.45, 7) is 3.31. The van der Waals surface area contributed by atoms with Crippen molar-refractivity contribution in [2.24, 2.45) is 0 Å². The molecule has 122 valence electrons. The van der Waals surface area contributed by atoms with Gasteiger partial charge >= 0.3 is 11.8 Å². The number of rotatable bonds is 7. The van der Waals surface area contributed by atoms with Gasteiger partial charge in [0.15, 0.2) is 11.7 Å². The average Bonchev–Trinajstić information content (AvgIpc) is 3.09. The van der Waals surface area contributed by atoms with Crippen molar-refractivity contribution in [3.8, 4) is 0 Å². The second-order valence-corrected chi connectivity index (χ2v) is 5.53. The Balaban J connectivity index is 2.21. The molecule has 0 saturated heterocycles. The molecular weight excluding hydrogens is 324 g/mol. The van der Waals surface area contributed by atoms with E-state index >= 15 is 0 Å². The highest BCUT2D eigenvalue weighted by Crippen LogP contribution is 2.23. The Labute approximate surface area is 135 Å². The highest BCUT2D eigenvalue weighted by molar-refractivity contribution is 7.10. The lowest BCUT2D eigenvalue weighted by molar-refractivity contribution is -0.389. The zero-order valence-corrected chi connectivity index (χ0v) is 13.3. The van der Waals surface area contributed by atoms with Crippen molar-refractivity contribution in [1.29, 1.82) is 0 Å². The first-order chi connectivity index (χ1) is 10.9. The number of esters is 1. The molecule has 2 rings (SSSR count). The van der Waals surface area contributed by atoms with E-state index < -0.39 is 22.6 Å². The zero-order valence-electron chi connectivity index (χ0n) is 12.5. The summed E-state index contributed by atoms with van der Waals surface area (Å²) in [6.07, 6.45) is 2.30. The van der Waals surface area contributed by atoms with Gasteiger partial charge in [-0.3, -0.25) is 9.59 Å². The monoisotopic (exact) mass is 338 g/mol. The van der Waals surface area contributed by atoms with Crippen LogP contribution in [0.15, 0.2) is 17.9 Å². The van der Waals surface area contributed by atoms with E-state index in [2.05, 4.69) is 9.97 Å². The maximum atomic E-state index is 12.5. The number of ether oxygens (including phenoxy) is 1. The highest BCUT2D eigenvalue weighted by atomic mass is 32.1. The van der Waals surface area contributed by atoms with Gasteiger partial charge < -0.3 is 19.4 Å². The largest absolute Gasteiger partial charge is 0.465 e. The highest BCUT2D eigenvalue weighted by Gasteiger charge is 2.32. The SMILES string of the molecule is CCOC(=O)[C@H](C(=O)Cn1cnc([N+](=O)[O-])c1)c1nc(C)cs1. The quantitative estimate of drug-likeness (QED) is 0.325. The second-order valence-electron chi connectivity index (χ2n) is 4.64. The molecule has 10 heteroatoms. The third-order valence-corrected chi connectivity index (χ3v) is 3.90. The van der Waals surface area contributed by atoms with E-state index in [9.17, 15) is 19.7 Å². The van der Waals surface area contributed by atoms with Crippen LogP contribution in [-0.4, -0.2) is 37.8 Å². The molecule has 2 aromatic heterocycles. The molecule has 0 aliphatic heterocycles. The van der Waals surface area contributed by atoms with Crippen molar-refractivity contribution < 1.29 is 19.2 Å². The molecule has 0 saturated carbocycles. The van der Waals surface area contributed by atoms with Gasteiger partial charge in [0.05, 0.1) is 13.2 Å². The number of aromatic nitrogens is 3. The summed E-state index contributed by atoms with van der Waals surface area (Å²) in [6, 6.07) is 0. The first kappa shape index (κ1) is 16.7. The molecule has 0 fully saturated rings. The van der Waals surface area contributed by atoms with Crippen molar-refractivity contribution in [1.82, 2.24) is 14.5 Å². The normalized spacial score (nSPS) is 11.9. The average molecular weight is 338 g/mol. The van der Waals surface area contributed by atoms with Crippen molar-refractivity contribution in [2.75, 3.05) is 6.61 Å². The number of ketones is 1. The van der Waals surface area contributed by atoms with E-state index in [-0.39, 0.29) is 19.0 Å². The van der Waals surface area contributed by atoms with Gasteiger partial charge in [-0.15, -0.1) is 11.3 Å². The number of nitro groups is 1. The molecule has 23 heavy (non-hydrogen) atoms. The molecule has 1 atom stereocenters. The maximum Gasteiger partial charge on any atom is 0.381 e. The molecule has 9 nitrogen and oxygen atoms in total. The topological polar surface area (TPSA) is 117 Å². The molecule has 0 aromatic carbocycles.